The van der Waals surface area contributed by atoms with Gasteiger partial charge in [-0.25, -0.2) is 4.39 Å². The van der Waals surface area contributed by atoms with Crippen LogP contribution in [0.25, 0.3) is 22.2 Å². The molecular formula is C30H36F2N8O. The number of carbonyl (C=O) groups is 1. The highest BCUT2D eigenvalue weighted by Gasteiger charge is 2.28. The fourth-order valence-corrected chi connectivity index (χ4v) is 5.12. The van der Waals surface area contributed by atoms with E-state index in [0.717, 1.165) is 33.8 Å². The van der Waals surface area contributed by atoms with Gasteiger partial charge < -0.3 is 37.0 Å². The molecule has 0 saturated heterocycles. The molecule has 0 saturated carbocycles. The summed E-state index contributed by atoms with van der Waals surface area (Å²) in [4.78, 5) is 23.8. The first-order chi connectivity index (χ1) is 19.4. The average Bonchev–Trinajstić information content (AvgIpc) is 3.31. The molecule has 216 valence electrons. The normalized spacial score (nSPS) is 17.5. The average molecular weight is 563 g/mol. The third kappa shape index (κ3) is 5.27. The van der Waals surface area contributed by atoms with E-state index in [0.29, 0.717) is 34.4 Å². The van der Waals surface area contributed by atoms with E-state index in [1.54, 1.807) is 18.0 Å². The number of H-pyrrole nitrogens is 1. The van der Waals surface area contributed by atoms with Gasteiger partial charge in [0.25, 0.3) is 5.91 Å². The molecule has 2 atom stereocenters. The molecule has 3 heterocycles. The van der Waals surface area contributed by atoms with Gasteiger partial charge in [0.05, 0.1) is 11.4 Å². The summed E-state index contributed by atoms with van der Waals surface area (Å²) in [6, 6.07) is 4.99. The van der Waals surface area contributed by atoms with E-state index in [2.05, 4.69) is 15.3 Å². The third-order valence-corrected chi connectivity index (χ3v) is 7.83. The van der Waals surface area contributed by atoms with Gasteiger partial charge in [0, 0.05) is 59.3 Å². The van der Waals surface area contributed by atoms with Gasteiger partial charge >= 0.3 is 0 Å². The largest absolute Gasteiger partial charge is 0.398 e. The zero-order valence-electron chi connectivity index (χ0n) is 24.1. The van der Waals surface area contributed by atoms with Crippen LogP contribution in [-0.4, -0.2) is 58.1 Å². The van der Waals surface area contributed by atoms with E-state index in [-0.39, 0.29) is 17.6 Å². The van der Waals surface area contributed by atoms with Gasteiger partial charge in [-0.3, -0.25) is 4.79 Å². The molecule has 7 N–H and O–H groups in total. The summed E-state index contributed by atoms with van der Waals surface area (Å²) in [5.74, 6) is -1.91. The number of amides is 1. The second-order valence-corrected chi connectivity index (χ2v) is 10.2. The number of pyridine rings is 1. The van der Waals surface area contributed by atoms with E-state index in [9.17, 15) is 13.6 Å². The Hall–Kier alpha value is -4.67. The van der Waals surface area contributed by atoms with Gasteiger partial charge in [-0.1, -0.05) is 24.6 Å². The van der Waals surface area contributed by atoms with Gasteiger partial charge in [0.15, 0.2) is 11.6 Å². The Morgan fingerprint density at radius 2 is 2.02 bits per heavy atom. The standard InChI is InChI=1S/C30H36F2N8O/c1-7-15(2)24-25-19(14-33)21(34)11-12-22(25)36-26(24)27(28(35)41)40(6)17(4)18-9-8-16(3)39(5)30(18)38-29-20(31)10-13-23(32)37-29/h8-14,16-17,33,36H,7,34H2,1-6H3,(H2,35,41)(H,37,38)/b24-15+,27-26+,33-14?. The molecule has 9 nitrogen and oxygen atoms in total. The van der Waals surface area contributed by atoms with Crippen LogP contribution in [0, 0.1) is 17.2 Å². The number of nitrogens with one attached hydrogen (secondary N) is 3. The maximum absolute atomic E-state index is 14.6. The van der Waals surface area contributed by atoms with Crippen LogP contribution < -0.4 is 27.4 Å². The number of nitrogens with two attached hydrogens (primary N) is 2. The minimum absolute atomic E-state index is 0.0536. The summed E-state index contributed by atoms with van der Waals surface area (Å²) in [5, 5.41) is 13.0. The van der Waals surface area contributed by atoms with Crippen LogP contribution in [0.5, 0.6) is 0 Å². The summed E-state index contributed by atoms with van der Waals surface area (Å²) in [7, 11) is 3.59. The van der Waals surface area contributed by atoms with Crippen LogP contribution in [0.2, 0.25) is 0 Å². The maximum Gasteiger partial charge on any atom is 0.267 e. The van der Waals surface area contributed by atoms with Crippen LogP contribution in [-0.2, 0) is 4.79 Å². The molecular weight excluding hydrogens is 526 g/mol. The molecule has 3 aromatic rings. The second-order valence-electron chi connectivity index (χ2n) is 10.2. The number of benzene rings is 1. The lowest BCUT2D eigenvalue weighted by Gasteiger charge is -2.37. The van der Waals surface area contributed by atoms with Crippen molar-refractivity contribution < 1.29 is 13.6 Å². The number of aromatic nitrogens is 2. The predicted molar refractivity (Wildman–Crippen MR) is 160 cm³/mol. The summed E-state index contributed by atoms with van der Waals surface area (Å²) in [5.41, 5.74) is 15.9. The Morgan fingerprint density at radius 3 is 2.66 bits per heavy atom. The minimum atomic E-state index is -0.813. The molecule has 11 heteroatoms. The van der Waals surface area contributed by atoms with E-state index in [1.165, 1.54) is 6.21 Å². The number of likely N-dealkylation sites (N-methyl/N-ethyl adjacent to an activating group) is 2. The van der Waals surface area contributed by atoms with E-state index >= 15 is 0 Å². The molecule has 1 amide bonds. The van der Waals surface area contributed by atoms with E-state index < -0.39 is 23.7 Å². The molecule has 1 aliphatic rings. The Balaban J connectivity index is 1.99. The summed E-state index contributed by atoms with van der Waals surface area (Å²) in [6.45, 7) is 7.84. The summed E-state index contributed by atoms with van der Waals surface area (Å²) >= 11 is 0. The number of rotatable bonds is 8. The van der Waals surface area contributed by atoms with Crippen LogP contribution in [0.4, 0.5) is 20.3 Å². The Labute approximate surface area is 237 Å². The van der Waals surface area contributed by atoms with Crippen LogP contribution >= 0.6 is 0 Å². The Kier molecular flexibility index (Phi) is 8.18. The Morgan fingerprint density at radius 1 is 1.32 bits per heavy atom. The van der Waals surface area contributed by atoms with Crippen molar-refractivity contribution in [1.29, 1.82) is 5.41 Å². The SMILES string of the molecule is CC/C(C)=c1/c(=C(/C(N)=O)N(C)C(C)C2=C(Nc3nc(F)ccc3F)N(C)C(C)C=C2)[nH]c2ccc(N)c(C=N)c12. The second kappa shape index (κ2) is 11.4. The van der Waals surface area contributed by atoms with Crippen molar-refractivity contribution in [3.63, 3.8) is 0 Å². The van der Waals surface area contributed by atoms with Crippen molar-refractivity contribution >= 4 is 45.8 Å². The molecule has 41 heavy (non-hydrogen) atoms. The molecule has 0 bridgehead atoms. The van der Waals surface area contributed by atoms with E-state index in [1.807, 2.05) is 57.9 Å². The zero-order chi connectivity index (χ0) is 30.2. The van der Waals surface area contributed by atoms with E-state index in [4.69, 9.17) is 16.9 Å². The molecule has 2 aromatic heterocycles. The van der Waals surface area contributed by atoms with Gasteiger partial charge in [-0.15, -0.1) is 0 Å². The molecule has 0 spiro atoms. The van der Waals surface area contributed by atoms with Crippen molar-refractivity contribution in [1.82, 2.24) is 19.8 Å². The number of hydrogen-bond acceptors (Lipinski definition) is 7. The number of primary amides is 1. The first-order valence-corrected chi connectivity index (χ1v) is 13.3. The Bertz CT molecular complexity index is 1720. The van der Waals surface area contributed by atoms with Crippen molar-refractivity contribution in [2.24, 2.45) is 5.73 Å². The third-order valence-electron chi connectivity index (χ3n) is 7.83. The van der Waals surface area contributed by atoms with Crippen molar-refractivity contribution in [2.45, 2.75) is 46.2 Å². The summed E-state index contributed by atoms with van der Waals surface area (Å²) < 4.78 is 28.5. The van der Waals surface area contributed by atoms with Gasteiger partial charge in [0.2, 0.25) is 5.95 Å². The van der Waals surface area contributed by atoms with Crippen molar-refractivity contribution in [3.05, 3.63) is 75.7 Å². The number of fused-ring (bicyclic) bond motifs is 1. The maximum atomic E-state index is 14.6. The fraction of sp³-hybridized carbons (Fsp3) is 0.300. The molecule has 1 aromatic carbocycles. The molecule has 0 radical (unpaired) electrons. The van der Waals surface area contributed by atoms with Crippen LogP contribution in [0.15, 0.2) is 47.8 Å². The number of hydrogen-bond donors (Lipinski definition) is 5. The lowest BCUT2D eigenvalue weighted by molar-refractivity contribution is -0.113. The van der Waals surface area contributed by atoms with Gasteiger partial charge in [0.1, 0.15) is 11.5 Å². The molecule has 4 rings (SSSR count). The monoisotopic (exact) mass is 562 g/mol. The number of nitrogens with zero attached hydrogens (tertiary/aromatic N) is 3. The lowest BCUT2D eigenvalue weighted by Crippen LogP contribution is -2.45. The number of aromatic amines is 1. The predicted octanol–water partition coefficient (Wildman–Crippen LogP) is 3.13. The number of anilines is 2. The van der Waals surface area contributed by atoms with Gasteiger partial charge in [-0.05, 0) is 51.5 Å². The molecule has 0 aliphatic carbocycles. The first-order valence-electron chi connectivity index (χ1n) is 13.3. The lowest BCUT2D eigenvalue weighted by atomic mass is 10.00. The highest BCUT2D eigenvalue weighted by atomic mass is 19.1. The fourth-order valence-electron chi connectivity index (χ4n) is 5.12. The van der Waals surface area contributed by atoms with Crippen LogP contribution in [0.1, 0.15) is 39.7 Å². The van der Waals surface area contributed by atoms with Crippen LogP contribution in [0.3, 0.4) is 0 Å². The van der Waals surface area contributed by atoms with Crippen molar-refractivity contribution in [2.75, 3.05) is 25.1 Å². The highest BCUT2D eigenvalue weighted by molar-refractivity contribution is 6.12. The number of carbonyl (C=O) groups excluding carboxylic acids is 1. The molecule has 2 unspecified atom stereocenters. The minimum Gasteiger partial charge on any atom is -0.398 e. The topological polar surface area (TPSA) is 140 Å². The molecule has 0 fully saturated rings. The summed E-state index contributed by atoms with van der Waals surface area (Å²) in [6.07, 6.45) is 5.78. The highest BCUT2D eigenvalue weighted by Crippen LogP contribution is 2.28. The number of halogens is 2. The smallest absolute Gasteiger partial charge is 0.267 e. The first kappa shape index (κ1) is 29.3. The zero-order valence-corrected chi connectivity index (χ0v) is 24.1. The van der Waals surface area contributed by atoms with Gasteiger partial charge in [-0.2, -0.15) is 9.37 Å². The van der Waals surface area contributed by atoms with Crippen molar-refractivity contribution in [3.8, 4) is 0 Å². The number of nitrogen functional groups attached to an aromatic ring is 1. The quantitative estimate of drug-likeness (QED) is 0.162. The molecule has 1 aliphatic heterocycles.